The molecule has 2 aliphatic rings. The molecule has 3 unspecified atom stereocenters. The zero-order valence-electron chi connectivity index (χ0n) is 21.5. The minimum absolute atomic E-state index is 0. The van der Waals surface area contributed by atoms with E-state index in [1.54, 1.807) is 6.20 Å². The Labute approximate surface area is 247 Å². The van der Waals surface area contributed by atoms with E-state index >= 15 is 0 Å². The van der Waals surface area contributed by atoms with Crippen LogP contribution in [0.5, 0.6) is 0 Å². The van der Waals surface area contributed by atoms with Crippen LogP contribution in [0.1, 0.15) is 37.2 Å². The summed E-state index contributed by atoms with van der Waals surface area (Å²) in [4.78, 5) is 8.96. The van der Waals surface area contributed by atoms with E-state index in [1.807, 2.05) is 60.0 Å². The molecular formula is C35H28IrN2S-2. The monoisotopic (exact) mass is 701 g/mol. The summed E-state index contributed by atoms with van der Waals surface area (Å²) in [6.45, 7) is 0. The maximum atomic E-state index is 4.74. The summed E-state index contributed by atoms with van der Waals surface area (Å²) in [6, 6.07) is 37.8. The number of benzene rings is 3. The molecule has 195 valence electrons. The molecule has 3 heterocycles. The first-order valence-electron chi connectivity index (χ1n) is 13.5. The van der Waals surface area contributed by atoms with E-state index in [-0.39, 0.29) is 20.1 Å². The van der Waals surface area contributed by atoms with Gasteiger partial charge >= 0.3 is 0 Å². The zero-order chi connectivity index (χ0) is 25.3. The quantitative estimate of drug-likeness (QED) is 0.172. The second-order valence-electron chi connectivity index (χ2n) is 10.4. The summed E-state index contributed by atoms with van der Waals surface area (Å²) in [5.74, 6) is 2.62. The van der Waals surface area contributed by atoms with Gasteiger partial charge in [0.1, 0.15) is 0 Å². The van der Waals surface area contributed by atoms with Crippen molar-refractivity contribution in [3.8, 4) is 22.5 Å². The second-order valence-corrected chi connectivity index (χ2v) is 11.5. The largest absolute Gasteiger partial charge is 0.305 e. The summed E-state index contributed by atoms with van der Waals surface area (Å²) in [5.41, 5.74) is 5.75. The molecule has 0 spiro atoms. The first-order valence-corrected chi connectivity index (χ1v) is 14.3. The molecule has 1 radical (unpaired) electrons. The minimum atomic E-state index is 0. The third kappa shape index (κ3) is 5.22. The van der Waals surface area contributed by atoms with Crippen molar-refractivity contribution >= 4 is 31.5 Å². The van der Waals surface area contributed by atoms with Crippen LogP contribution in [0.4, 0.5) is 0 Å². The van der Waals surface area contributed by atoms with Crippen molar-refractivity contribution in [3.05, 3.63) is 121 Å². The normalized spacial score (nSPS) is 19.4. The summed E-state index contributed by atoms with van der Waals surface area (Å²) in [7, 11) is 0. The molecule has 2 bridgehead atoms. The third-order valence-corrected chi connectivity index (χ3v) is 9.40. The van der Waals surface area contributed by atoms with E-state index in [9.17, 15) is 0 Å². The summed E-state index contributed by atoms with van der Waals surface area (Å²) < 4.78 is 2.65. The van der Waals surface area contributed by atoms with E-state index in [4.69, 9.17) is 4.98 Å². The van der Waals surface area contributed by atoms with E-state index < -0.39 is 0 Å². The smallest absolute Gasteiger partial charge is 0.0239 e. The molecule has 6 aromatic rings. The van der Waals surface area contributed by atoms with Gasteiger partial charge in [-0.05, 0) is 76.7 Å². The van der Waals surface area contributed by atoms with Crippen molar-refractivity contribution in [2.75, 3.05) is 0 Å². The Morgan fingerprint density at radius 1 is 0.718 bits per heavy atom. The number of hydrogen-bond donors (Lipinski definition) is 0. The van der Waals surface area contributed by atoms with Gasteiger partial charge in [-0.15, -0.1) is 59.7 Å². The average Bonchev–Trinajstić information content (AvgIpc) is 3.73. The number of pyridine rings is 2. The van der Waals surface area contributed by atoms with Gasteiger partial charge in [0.25, 0.3) is 0 Å². The second kappa shape index (κ2) is 11.5. The van der Waals surface area contributed by atoms with Gasteiger partial charge < -0.3 is 9.97 Å². The maximum absolute atomic E-state index is 4.74. The van der Waals surface area contributed by atoms with Crippen LogP contribution in [0.15, 0.2) is 103 Å². The standard InChI is InChI=1S/C24H20NS.C11H8N.Ir/c1-2-7-23-18(4-1)19-5-3-6-20(24(19)26-23)22-14-17(10-11-25-22)21-13-15-8-9-16(21)12-15;1-2-6-10(7-3-1)11-8-4-5-9-12-11;/h1-5,7,10-11,14-16,21H,8-9,12-13H2;1-6,8-9H;/q2*-1;. The van der Waals surface area contributed by atoms with E-state index in [1.165, 1.54) is 51.4 Å². The summed E-state index contributed by atoms with van der Waals surface area (Å²) in [6.07, 6.45) is 9.50. The van der Waals surface area contributed by atoms with Gasteiger partial charge in [-0.3, -0.25) is 0 Å². The minimum Gasteiger partial charge on any atom is -0.305 e. The summed E-state index contributed by atoms with van der Waals surface area (Å²) >= 11 is 1.86. The molecule has 2 fully saturated rings. The molecule has 3 aromatic carbocycles. The van der Waals surface area contributed by atoms with Gasteiger partial charge in [-0.1, -0.05) is 53.8 Å². The van der Waals surface area contributed by atoms with Gasteiger partial charge in [0.15, 0.2) is 0 Å². The molecule has 2 saturated carbocycles. The Morgan fingerprint density at radius 2 is 1.59 bits per heavy atom. The molecule has 0 amide bonds. The first kappa shape index (κ1) is 26.1. The topological polar surface area (TPSA) is 25.8 Å². The predicted octanol–water partition coefficient (Wildman–Crippen LogP) is 9.37. The molecular weight excluding hydrogens is 673 g/mol. The molecule has 2 nitrogen and oxygen atoms in total. The molecule has 0 aliphatic heterocycles. The Hall–Kier alpha value is -3.17. The molecule has 3 atom stereocenters. The fourth-order valence-corrected chi connectivity index (χ4v) is 7.63. The van der Waals surface area contributed by atoms with E-state index in [0.717, 1.165) is 40.3 Å². The Morgan fingerprint density at radius 3 is 2.38 bits per heavy atom. The maximum Gasteiger partial charge on any atom is 0.0239 e. The number of rotatable bonds is 3. The van der Waals surface area contributed by atoms with Crippen molar-refractivity contribution in [2.24, 2.45) is 11.8 Å². The van der Waals surface area contributed by atoms with E-state index in [2.05, 4.69) is 65.6 Å². The van der Waals surface area contributed by atoms with Crippen LogP contribution in [0, 0.1) is 24.0 Å². The molecule has 3 aromatic heterocycles. The van der Waals surface area contributed by atoms with Gasteiger partial charge in [0.05, 0.1) is 0 Å². The van der Waals surface area contributed by atoms with E-state index in [0.29, 0.717) is 0 Å². The third-order valence-electron chi connectivity index (χ3n) is 8.19. The van der Waals surface area contributed by atoms with Crippen molar-refractivity contribution < 1.29 is 20.1 Å². The van der Waals surface area contributed by atoms with Gasteiger partial charge in [-0.2, -0.15) is 11.3 Å². The number of aromatic nitrogens is 2. The Balaban J connectivity index is 0.000000180. The molecule has 8 rings (SSSR count). The molecule has 0 N–H and O–H groups in total. The fraction of sp³-hybridized carbons (Fsp3) is 0.200. The number of fused-ring (bicyclic) bond motifs is 5. The SMILES string of the molecule is [Ir].[c-]1ccc2c(sc3ccccc32)c1-c1cc(C2CC3CCC2C3)ccn1.[c-]1ccccc1-c1ccccn1. The summed E-state index contributed by atoms with van der Waals surface area (Å²) in [5, 5.41) is 2.67. The van der Waals surface area contributed by atoms with Crippen molar-refractivity contribution in [1.29, 1.82) is 0 Å². The van der Waals surface area contributed by atoms with Crippen molar-refractivity contribution in [1.82, 2.24) is 9.97 Å². The molecule has 0 saturated heterocycles. The zero-order valence-corrected chi connectivity index (χ0v) is 24.7. The van der Waals surface area contributed by atoms with Gasteiger partial charge in [0.2, 0.25) is 0 Å². The van der Waals surface area contributed by atoms with Crippen molar-refractivity contribution in [3.63, 3.8) is 0 Å². The fourth-order valence-electron chi connectivity index (χ4n) is 6.42. The van der Waals surface area contributed by atoms with Crippen LogP contribution < -0.4 is 0 Å². The molecule has 4 heteroatoms. The average molecular weight is 701 g/mol. The Bertz CT molecular complexity index is 1660. The number of thiophene rings is 1. The predicted molar refractivity (Wildman–Crippen MR) is 158 cm³/mol. The van der Waals surface area contributed by atoms with Crippen LogP contribution in [0.3, 0.4) is 0 Å². The first-order chi connectivity index (χ1) is 18.8. The number of hydrogen-bond acceptors (Lipinski definition) is 3. The van der Waals surface area contributed by atoms with Crippen LogP contribution >= 0.6 is 11.3 Å². The molecule has 2 aliphatic carbocycles. The van der Waals surface area contributed by atoms with Crippen LogP contribution in [-0.2, 0) is 20.1 Å². The van der Waals surface area contributed by atoms with Crippen LogP contribution in [-0.4, -0.2) is 9.97 Å². The van der Waals surface area contributed by atoms with Gasteiger partial charge in [0, 0.05) is 37.2 Å². The van der Waals surface area contributed by atoms with Gasteiger partial charge in [-0.25, -0.2) is 0 Å². The van der Waals surface area contributed by atoms with Crippen LogP contribution in [0.25, 0.3) is 42.7 Å². The van der Waals surface area contributed by atoms with Crippen LogP contribution in [0.2, 0.25) is 0 Å². The van der Waals surface area contributed by atoms with Crippen molar-refractivity contribution in [2.45, 2.75) is 31.6 Å². The number of nitrogens with zero attached hydrogens (tertiary/aromatic N) is 2. The molecule has 39 heavy (non-hydrogen) atoms. The Kier molecular flexibility index (Phi) is 7.70.